The number of nitrogens with one attached hydrogen (secondary N) is 1. The molecular formula is C19H18ClN3O2S. The molecule has 1 heterocycles. The third-order valence-corrected chi connectivity index (χ3v) is 5.21. The molecule has 1 aromatic heterocycles. The van der Waals surface area contributed by atoms with Gasteiger partial charge in [-0.1, -0.05) is 47.6 Å². The lowest BCUT2D eigenvalue weighted by Gasteiger charge is -2.17. The van der Waals surface area contributed by atoms with Crippen molar-refractivity contribution in [2.45, 2.75) is 24.3 Å². The number of benzene rings is 2. The van der Waals surface area contributed by atoms with Gasteiger partial charge in [-0.2, -0.15) is 0 Å². The molecule has 3 aromatic rings. The Morgan fingerprint density at radius 2 is 1.92 bits per heavy atom. The second-order valence-corrected chi connectivity index (χ2v) is 7.37. The van der Waals surface area contributed by atoms with Crippen LogP contribution in [0.25, 0.3) is 16.6 Å². The van der Waals surface area contributed by atoms with Gasteiger partial charge >= 0.3 is 0 Å². The molecule has 0 spiro atoms. The van der Waals surface area contributed by atoms with E-state index in [-0.39, 0.29) is 11.5 Å². The van der Waals surface area contributed by atoms with Crippen LogP contribution in [0.4, 0.5) is 0 Å². The number of halogens is 1. The number of hydrogen-bond acceptors (Lipinski definition) is 4. The molecule has 5 nitrogen and oxygen atoms in total. The third kappa shape index (κ3) is 3.61. The number of carbonyl (C=O) groups is 1. The molecule has 0 aliphatic heterocycles. The molecule has 0 radical (unpaired) electrons. The number of amides is 1. The maximum atomic E-state index is 13.1. The predicted molar refractivity (Wildman–Crippen MR) is 106 cm³/mol. The van der Waals surface area contributed by atoms with Crippen LogP contribution in [-0.2, 0) is 4.79 Å². The zero-order chi connectivity index (χ0) is 18.7. The molecule has 0 fully saturated rings. The molecule has 1 atom stereocenters. The average Bonchev–Trinajstić information content (AvgIpc) is 2.63. The van der Waals surface area contributed by atoms with Crippen molar-refractivity contribution in [3.05, 3.63) is 63.9 Å². The smallest absolute Gasteiger partial charge is 0.266 e. The van der Waals surface area contributed by atoms with Gasteiger partial charge < -0.3 is 5.32 Å². The maximum Gasteiger partial charge on any atom is 0.266 e. The summed E-state index contributed by atoms with van der Waals surface area (Å²) >= 11 is 7.56. The Morgan fingerprint density at radius 1 is 1.23 bits per heavy atom. The molecule has 26 heavy (non-hydrogen) atoms. The number of aromatic nitrogens is 2. The minimum Gasteiger partial charge on any atom is -0.355 e. The summed E-state index contributed by atoms with van der Waals surface area (Å²) in [5, 5.41) is 3.76. The van der Waals surface area contributed by atoms with Gasteiger partial charge in [0.15, 0.2) is 5.16 Å². The summed E-state index contributed by atoms with van der Waals surface area (Å²) in [6.45, 7) is 4.20. The van der Waals surface area contributed by atoms with E-state index in [1.165, 1.54) is 16.3 Å². The predicted octanol–water partition coefficient (Wildman–Crippen LogP) is 3.66. The summed E-state index contributed by atoms with van der Waals surface area (Å²) in [6, 6.07) is 14.2. The zero-order valence-electron chi connectivity index (χ0n) is 14.4. The molecule has 0 saturated heterocycles. The molecule has 134 valence electrons. The lowest BCUT2D eigenvalue weighted by Crippen LogP contribution is -2.31. The largest absolute Gasteiger partial charge is 0.355 e. The highest BCUT2D eigenvalue weighted by molar-refractivity contribution is 8.00. The molecule has 2 aromatic carbocycles. The van der Waals surface area contributed by atoms with Gasteiger partial charge in [-0.15, -0.1) is 0 Å². The highest BCUT2D eigenvalue weighted by Crippen LogP contribution is 2.28. The van der Waals surface area contributed by atoms with Crippen molar-refractivity contribution in [1.29, 1.82) is 0 Å². The second-order valence-electron chi connectivity index (χ2n) is 5.66. The number of rotatable bonds is 5. The first-order chi connectivity index (χ1) is 12.5. The first kappa shape index (κ1) is 18.5. The van der Waals surface area contributed by atoms with Crippen molar-refractivity contribution in [3.63, 3.8) is 0 Å². The van der Waals surface area contributed by atoms with Crippen LogP contribution in [0.15, 0.2) is 58.5 Å². The molecule has 1 N–H and O–H groups in total. The van der Waals surface area contributed by atoms with E-state index in [2.05, 4.69) is 10.3 Å². The van der Waals surface area contributed by atoms with E-state index in [0.29, 0.717) is 33.3 Å². The van der Waals surface area contributed by atoms with E-state index in [0.717, 1.165) is 0 Å². The lowest BCUT2D eigenvalue weighted by molar-refractivity contribution is -0.120. The van der Waals surface area contributed by atoms with Gasteiger partial charge in [0.1, 0.15) is 0 Å². The molecule has 0 aliphatic carbocycles. The van der Waals surface area contributed by atoms with Crippen LogP contribution < -0.4 is 10.9 Å². The first-order valence-corrected chi connectivity index (χ1v) is 9.49. The second kappa shape index (κ2) is 7.93. The number of thioether (sulfide) groups is 1. The molecule has 0 unspecified atom stereocenters. The monoisotopic (exact) mass is 387 g/mol. The first-order valence-electron chi connectivity index (χ1n) is 8.24. The van der Waals surface area contributed by atoms with Crippen LogP contribution in [0.3, 0.4) is 0 Å². The normalized spacial score (nSPS) is 12.1. The average molecular weight is 388 g/mol. The van der Waals surface area contributed by atoms with Crippen LogP contribution in [-0.4, -0.2) is 27.3 Å². The van der Waals surface area contributed by atoms with E-state index in [1.807, 2.05) is 19.1 Å². The van der Waals surface area contributed by atoms with E-state index < -0.39 is 5.25 Å². The number of fused-ring (bicyclic) bond motifs is 1. The van der Waals surface area contributed by atoms with Crippen LogP contribution in [0.1, 0.15) is 13.8 Å². The quantitative estimate of drug-likeness (QED) is 0.536. The summed E-state index contributed by atoms with van der Waals surface area (Å²) in [7, 11) is 0. The van der Waals surface area contributed by atoms with Crippen molar-refractivity contribution < 1.29 is 4.79 Å². The van der Waals surface area contributed by atoms with Crippen molar-refractivity contribution in [2.75, 3.05) is 6.54 Å². The molecule has 7 heteroatoms. The molecule has 1 amide bonds. The lowest BCUT2D eigenvalue weighted by atomic mass is 10.2. The van der Waals surface area contributed by atoms with E-state index in [4.69, 9.17) is 11.6 Å². The van der Waals surface area contributed by atoms with Gasteiger partial charge in [0.05, 0.1) is 26.9 Å². The van der Waals surface area contributed by atoms with Crippen LogP contribution in [0, 0.1) is 0 Å². The van der Waals surface area contributed by atoms with Crippen LogP contribution in [0.5, 0.6) is 0 Å². The van der Waals surface area contributed by atoms with Gasteiger partial charge in [-0.05, 0) is 38.1 Å². The van der Waals surface area contributed by atoms with Crippen LogP contribution in [0.2, 0.25) is 5.02 Å². The SMILES string of the molecule is CCNC(=O)[C@H](C)Sc1nc2ccccc2c(=O)n1-c1ccccc1Cl. The Balaban J connectivity index is 2.20. The number of nitrogens with zero attached hydrogens (tertiary/aromatic N) is 2. The Labute approximate surface area is 160 Å². The summed E-state index contributed by atoms with van der Waals surface area (Å²) in [4.78, 5) is 29.9. The maximum absolute atomic E-state index is 13.1. The van der Waals surface area contributed by atoms with Gasteiger partial charge in [0, 0.05) is 6.54 Å². The van der Waals surface area contributed by atoms with E-state index in [9.17, 15) is 9.59 Å². The minimum atomic E-state index is -0.406. The number of para-hydroxylation sites is 2. The van der Waals surface area contributed by atoms with Gasteiger partial charge in [0.2, 0.25) is 5.91 Å². The topological polar surface area (TPSA) is 64.0 Å². The van der Waals surface area contributed by atoms with E-state index >= 15 is 0 Å². The summed E-state index contributed by atoms with van der Waals surface area (Å²) in [6.07, 6.45) is 0. The summed E-state index contributed by atoms with van der Waals surface area (Å²) in [5.74, 6) is -0.106. The highest BCUT2D eigenvalue weighted by atomic mass is 35.5. The van der Waals surface area contributed by atoms with Crippen molar-refractivity contribution in [1.82, 2.24) is 14.9 Å². The zero-order valence-corrected chi connectivity index (χ0v) is 16.0. The Bertz CT molecular complexity index is 1020. The third-order valence-electron chi connectivity index (χ3n) is 3.84. The fourth-order valence-corrected chi connectivity index (χ4v) is 3.73. The standard InChI is InChI=1S/C19H18ClN3O2S/c1-3-21-17(24)12(2)26-19-22-15-10-6-4-8-13(15)18(25)23(19)16-11-7-5-9-14(16)20/h4-12H,3H2,1-2H3,(H,21,24)/t12-/m0/s1. The van der Waals surface area contributed by atoms with Gasteiger partial charge in [-0.25, -0.2) is 4.98 Å². The Kier molecular flexibility index (Phi) is 5.64. The van der Waals surface area contributed by atoms with Gasteiger partial charge in [-0.3, -0.25) is 14.2 Å². The highest BCUT2D eigenvalue weighted by Gasteiger charge is 2.20. The van der Waals surface area contributed by atoms with Crippen molar-refractivity contribution in [3.8, 4) is 5.69 Å². The van der Waals surface area contributed by atoms with Crippen molar-refractivity contribution in [2.24, 2.45) is 0 Å². The van der Waals surface area contributed by atoms with Crippen LogP contribution >= 0.6 is 23.4 Å². The Morgan fingerprint density at radius 3 is 2.65 bits per heavy atom. The number of carbonyl (C=O) groups excluding carboxylic acids is 1. The molecular weight excluding hydrogens is 370 g/mol. The Hall–Kier alpha value is -2.31. The summed E-state index contributed by atoms with van der Waals surface area (Å²) < 4.78 is 1.48. The molecule has 0 bridgehead atoms. The molecule has 3 rings (SSSR count). The van der Waals surface area contributed by atoms with Crippen molar-refractivity contribution >= 4 is 40.2 Å². The fourth-order valence-electron chi connectivity index (χ4n) is 2.57. The molecule has 0 saturated carbocycles. The fraction of sp³-hybridized carbons (Fsp3) is 0.211. The minimum absolute atomic E-state index is 0.106. The number of hydrogen-bond donors (Lipinski definition) is 1. The summed E-state index contributed by atoms with van der Waals surface area (Å²) in [5.41, 5.74) is 0.920. The molecule has 0 aliphatic rings. The van der Waals surface area contributed by atoms with E-state index in [1.54, 1.807) is 43.3 Å². The van der Waals surface area contributed by atoms with Gasteiger partial charge in [0.25, 0.3) is 5.56 Å².